The van der Waals surface area contributed by atoms with Crippen molar-refractivity contribution in [1.29, 1.82) is 0 Å². The molecule has 0 aliphatic carbocycles. The van der Waals surface area contributed by atoms with Crippen LogP contribution in [0.4, 0.5) is 11.8 Å². The highest BCUT2D eigenvalue weighted by molar-refractivity contribution is 6.00. The van der Waals surface area contributed by atoms with Gasteiger partial charge in [0.15, 0.2) is 11.6 Å². The van der Waals surface area contributed by atoms with Gasteiger partial charge in [-0.2, -0.15) is 4.98 Å². The van der Waals surface area contributed by atoms with Gasteiger partial charge in [-0.25, -0.2) is 20.4 Å². The van der Waals surface area contributed by atoms with Gasteiger partial charge in [-0.1, -0.05) is 11.2 Å². The molecule has 5 rings (SSSR count). The van der Waals surface area contributed by atoms with Crippen LogP contribution >= 0.6 is 0 Å². The third-order valence-corrected chi connectivity index (χ3v) is 6.23. The van der Waals surface area contributed by atoms with Gasteiger partial charge in [-0.05, 0) is 31.9 Å². The maximum atomic E-state index is 12.8. The number of amides is 3. The Kier molecular flexibility index (Phi) is 7.27. The third kappa shape index (κ3) is 5.75. The lowest BCUT2D eigenvalue weighted by atomic mass is 10.1. The molecule has 2 atom stereocenters. The highest BCUT2D eigenvalue weighted by Gasteiger charge is 2.33. The van der Waals surface area contributed by atoms with Crippen LogP contribution in [0.5, 0.6) is 0 Å². The molecule has 2 fully saturated rings. The van der Waals surface area contributed by atoms with E-state index in [1.54, 1.807) is 6.20 Å². The molecular formula is C25H28N10O4. The molecule has 14 nitrogen and oxygen atoms in total. The van der Waals surface area contributed by atoms with Crippen LogP contribution in [-0.4, -0.2) is 61.3 Å². The fourth-order valence-electron chi connectivity index (χ4n) is 4.52. The van der Waals surface area contributed by atoms with Crippen LogP contribution in [0.2, 0.25) is 0 Å². The number of pyridine rings is 1. The molecule has 0 aromatic carbocycles. The number of amidine groups is 1. The van der Waals surface area contributed by atoms with Crippen molar-refractivity contribution in [2.75, 3.05) is 11.4 Å². The summed E-state index contributed by atoms with van der Waals surface area (Å²) in [5.74, 6) is 0.262. The molecule has 39 heavy (non-hydrogen) atoms. The van der Waals surface area contributed by atoms with Crippen molar-refractivity contribution >= 4 is 35.3 Å². The maximum absolute atomic E-state index is 12.8. The minimum atomic E-state index is -0.635. The highest BCUT2D eigenvalue weighted by atomic mass is 16.5. The Labute approximate surface area is 223 Å². The van der Waals surface area contributed by atoms with Gasteiger partial charge in [0, 0.05) is 51.2 Å². The number of aromatic nitrogens is 4. The molecule has 3 aromatic heterocycles. The SMILES string of the molecule is CC(=O)NNC(=O)c1cc(N=C2CC(C)NN2C(C)=O)nc(N2CCCC2c2cc(-c3ccccn3)no2)n1. The van der Waals surface area contributed by atoms with E-state index in [1.807, 2.05) is 36.1 Å². The van der Waals surface area contributed by atoms with Crippen molar-refractivity contribution < 1.29 is 18.9 Å². The summed E-state index contributed by atoms with van der Waals surface area (Å²) in [6, 6.07) is 8.58. The van der Waals surface area contributed by atoms with Crippen molar-refractivity contribution in [3.8, 4) is 11.4 Å². The summed E-state index contributed by atoms with van der Waals surface area (Å²) < 4.78 is 5.69. The summed E-state index contributed by atoms with van der Waals surface area (Å²) in [6.07, 6.45) is 3.77. The summed E-state index contributed by atoms with van der Waals surface area (Å²) in [5.41, 5.74) is 8.95. The zero-order chi connectivity index (χ0) is 27.5. The Morgan fingerprint density at radius 1 is 1.13 bits per heavy atom. The minimum absolute atomic E-state index is 0.000733. The first-order valence-electron chi connectivity index (χ1n) is 12.5. The first-order chi connectivity index (χ1) is 18.8. The largest absolute Gasteiger partial charge is 0.358 e. The smallest absolute Gasteiger partial charge is 0.288 e. The standard InChI is InChI=1S/C25H28N10O4/c1-14-11-23(35(32-14)16(3)37)28-22-13-19(24(38)31-30-15(2)36)27-25(29-22)34-10-6-8-20(34)21-12-18(33-39-21)17-7-4-5-9-26-17/h4-5,7,9,12-14,20,32H,6,8,10-11H2,1-3H3,(H,30,36)(H,31,38). The molecule has 2 unspecified atom stereocenters. The molecule has 2 aliphatic rings. The van der Waals surface area contributed by atoms with Crippen LogP contribution in [0.15, 0.2) is 46.0 Å². The van der Waals surface area contributed by atoms with Crippen LogP contribution in [-0.2, 0) is 9.59 Å². The minimum Gasteiger partial charge on any atom is -0.358 e. The fourth-order valence-corrected chi connectivity index (χ4v) is 4.52. The molecule has 0 bridgehead atoms. The van der Waals surface area contributed by atoms with E-state index in [0.29, 0.717) is 35.9 Å². The predicted octanol–water partition coefficient (Wildman–Crippen LogP) is 1.82. The van der Waals surface area contributed by atoms with E-state index in [1.165, 1.54) is 24.9 Å². The number of hydrazine groups is 2. The van der Waals surface area contributed by atoms with Gasteiger partial charge in [0.1, 0.15) is 17.2 Å². The molecule has 0 spiro atoms. The van der Waals surface area contributed by atoms with E-state index in [9.17, 15) is 14.4 Å². The number of nitrogens with zero attached hydrogens (tertiary/aromatic N) is 7. The molecule has 3 N–H and O–H groups in total. The van der Waals surface area contributed by atoms with Gasteiger partial charge in [0.25, 0.3) is 5.91 Å². The quantitative estimate of drug-likeness (QED) is 0.412. The molecule has 14 heteroatoms. The highest BCUT2D eigenvalue weighted by Crippen LogP contribution is 2.36. The van der Waals surface area contributed by atoms with E-state index in [0.717, 1.165) is 12.8 Å². The van der Waals surface area contributed by atoms with Crippen molar-refractivity contribution in [2.24, 2.45) is 4.99 Å². The molecule has 202 valence electrons. The number of anilines is 1. The number of hydrogen-bond acceptors (Lipinski definition) is 11. The molecular weight excluding hydrogens is 504 g/mol. The summed E-state index contributed by atoms with van der Waals surface area (Å²) >= 11 is 0. The number of carbonyl (C=O) groups excluding carboxylic acids is 3. The molecule has 0 saturated carbocycles. The number of rotatable bonds is 5. The van der Waals surface area contributed by atoms with E-state index in [2.05, 4.69) is 41.4 Å². The van der Waals surface area contributed by atoms with Gasteiger partial charge < -0.3 is 9.42 Å². The number of nitrogens with one attached hydrogen (secondary N) is 3. The zero-order valence-electron chi connectivity index (χ0n) is 21.7. The van der Waals surface area contributed by atoms with Crippen molar-refractivity contribution in [2.45, 2.75) is 52.1 Å². The van der Waals surface area contributed by atoms with Crippen LogP contribution in [0, 0.1) is 0 Å². The fraction of sp³-hybridized carbons (Fsp3) is 0.360. The Balaban J connectivity index is 1.50. The summed E-state index contributed by atoms with van der Waals surface area (Å²) in [7, 11) is 0. The van der Waals surface area contributed by atoms with E-state index >= 15 is 0 Å². The van der Waals surface area contributed by atoms with Crippen molar-refractivity contribution in [1.82, 2.24) is 41.4 Å². The van der Waals surface area contributed by atoms with Crippen LogP contribution in [0.3, 0.4) is 0 Å². The molecule has 5 heterocycles. The van der Waals surface area contributed by atoms with Crippen LogP contribution in [0.1, 0.15) is 62.3 Å². The normalized spacial score (nSPS) is 19.9. The van der Waals surface area contributed by atoms with Crippen molar-refractivity contribution in [3.63, 3.8) is 0 Å². The monoisotopic (exact) mass is 532 g/mol. The second-order valence-corrected chi connectivity index (χ2v) is 9.34. The Hall–Kier alpha value is -4.72. The Morgan fingerprint density at radius 3 is 2.72 bits per heavy atom. The summed E-state index contributed by atoms with van der Waals surface area (Å²) in [6.45, 7) is 5.25. The van der Waals surface area contributed by atoms with Gasteiger partial charge in [0.2, 0.25) is 17.8 Å². The maximum Gasteiger partial charge on any atom is 0.288 e. The Bertz CT molecular complexity index is 1420. The van der Waals surface area contributed by atoms with Crippen molar-refractivity contribution in [3.05, 3.63) is 48.0 Å². The summed E-state index contributed by atoms with van der Waals surface area (Å²) in [5, 5.41) is 5.56. The van der Waals surface area contributed by atoms with E-state index in [-0.39, 0.29) is 35.5 Å². The predicted molar refractivity (Wildman–Crippen MR) is 139 cm³/mol. The molecule has 2 saturated heterocycles. The first-order valence-corrected chi connectivity index (χ1v) is 12.5. The van der Waals surface area contributed by atoms with Gasteiger partial charge >= 0.3 is 0 Å². The first kappa shape index (κ1) is 25.9. The molecule has 0 radical (unpaired) electrons. The summed E-state index contributed by atoms with van der Waals surface area (Å²) in [4.78, 5) is 56.3. The lowest BCUT2D eigenvalue weighted by Gasteiger charge is -2.23. The average molecular weight is 533 g/mol. The van der Waals surface area contributed by atoms with Gasteiger partial charge in [-0.3, -0.25) is 30.2 Å². The zero-order valence-corrected chi connectivity index (χ0v) is 21.7. The lowest BCUT2D eigenvalue weighted by Crippen LogP contribution is -2.41. The van der Waals surface area contributed by atoms with Crippen LogP contribution in [0.25, 0.3) is 11.4 Å². The molecule has 3 aromatic rings. The second kappa shape index (κ2) is 10.9. The number of hydrogen-bond donors (Lipinski definition) is 3. The molecule has 3 amide bonds. The second-order valence-electron chi connectivity index (χ2n) is 9.34. The van der Waals surface area contributed by atoms with E-state index in [4.69, 9.17) is 4.52 Å². The van der Waals surface area contributed by atoms with E-state index < -0.39 is 11.8 Å². The van der Waals surface area contributed by atoms with Gasteiger partial charge in [0.05, 0.1) is 11.7 Å². The Morgan fingerprint density at radius 2 is 1.97 bits per heavy atom. The van der Waals surface area contributed by atoms with Crippen LogP contribution < -0.4 is 21.2 Å². The molecule has 2 aliphatic heterocycles. The average Bonchev–Trinajstić information content (AvgIpc) is 3.67. The number of aliphatic imine (C=N–C) groups is 1. The number of carbonyl (C=O) groups is 3. The third-order valence-electron chi connectivity index (χ3n) is 6.23. The van der Waals surface area contributed by atoms with Gasteiger partial charge in [-0.15, -0.1) is 0 Å². The topological polar surface area (TPSA) is 171 Å². The lowest BCUT2D eigenvalue weighted by molar-refractivity contribution is -0.127.